The van der Waals surface area contributed by atoms with Crippen LogP contribution in [-0.4, -0.2) is 13.0 Å². The normalized spacial score (nSPS) is 12.2. The van der Waals surface area contributed by atoms with Crippen LogP contribution in [-0.2, 0) is 4.79 Å². The van der Waals surface area contributed by atoms with E-state index in [1.807, 2.05) is 24.3 Å². The van der Waals surface area contributed by atoms with Crippen LogP contribution < -0.4 is 10.1 Å². The van der Waals surface area contributed by atoms with Gasteiger partial charge in [0.25, 0.3) is 0 Å². The summed E-state index contributed by atoms with van der Waals surface area (Å²) < 4.78 is 5.25. The molecule has 1 unspecified atom stereocenters. The van der Waals surface area contributed by atoms with Crippen molar-refractivity contribution in [2.24, 2.45) is 0 Å². The molecule has 5 heteroatoms. The van der Waals surface area contributed by atoms with Crippen LogP contribution in [0.2, 0.25) is 10.0 Å². The van der Waals surface area contributed by atoms with Crippen molar-refractivity contribution in [1.82, 2.24) is 0 Å². The molecule has 132 valence electrons. The van der Waals surface area contributed by atoms with Gasteiger partial charge in [-0.15, -0.1) is 0 Å². The minimum Gasteiger partial charge on any atom is -0.495 e. The number of methoxy groups -OCH3 is 1. The number of rotatable bonds is 6. The van der Waals surface area contributed by atoms with Gasteiger partial charge in [0.15, 0.2) is 0 Å². The second kappa shape index (κ2) is 8.93. The zero-order valence-corrected chi connectivity index (χ0v) is 16.0. The van der Waals surface area contributed by atoms with Gasteiger partial charge in [0.2, 0.25) is 5.91 Å². The Kier molecular flexibility index (Phi) is 6.91. The van der Waals surface area contributed by atoms with Crippen molar-refractivity contribution in [3.63, 3.8) is 0 Å². The van der Waals surface area contributed by atoms with Gasteiger partial charge in [0.05, 0.1) is 12.1 Å². The molecule has 3 nitrogen and oxygen atoms in total. The topological polar surface area (TPSA) is 38.3 Å². The number of hydrogen-bond acceptors (Lipinski definition) is 2. The van der Waals surface area contributed by atoms with Gasteiger partial charge in [-0.1, -0.05) is 49.2 Å². The van der Waals surface area contributed by atoms with E-state index in [0.29, 0.717) is 27.3 Å². The first-order valence-electron chi connectivity index (χ1n) is 8.06. The fourth-order valence-corrected chi connectivity index (χ4v) is 2.99. The SMILES string of the molecule is CCC(C)c1ccc(NC(=O)C=Cc2cc(Cl)cc(Cl)c2OC)cc1. The molecular weight excluding hydrogens is 357 g/mol. The predicted molar refractivity (Wildman–Crippen MR) is 106 cm³/mol. The molecule has 0 saturated carbocycles. The van der Waals surface area contributed by atoms with E-state index in [2.05, 4.69) is 19.2 Å². The molecular formula is C20H21Cl2NO2. The molecule has 0 bridgehead atoms. The van der Waals surface area contributed by atoms with Crippen molar-refractivity contribution >= 4 is 40.9 Å². The lowest BCUT2D eigenvalue weighted by atomic mass is 9.99. The zero-order chi connectivity index (χ0) is 18.4. The first-order valence-corrected chi connectivity index (χ1v) is 8.82. The van der Waals surface area contributed by atoms with Crippen LogP contribution in [0, 0.1) is 0 Å². The van der Waals surface area contributed by atoms with Crippen LogP contribution >= 0.6 is 23.2 Å². The lowest BCUT2D eigenvalue weighted by Gasteiger charge is -2.10. The molecule has 25 heavy (non-hydrogen) atoms. The Balaban J connectivity index is 2.09. The third-order valence-corrected chi connectivity index (χ3v) is 4.51. The average Bonchev–Trinajstić information content (AvgIpc) is 2.59. The Hall–Kier alpha value is -1.97. The number of halogens is 2. The van der Waals surface area contributed by atoms with Gasteiger partial charge in [0.1, 0.15) is 5.75 Å². The van der Waals surface area contributed by atoms with Crippen molar-refractivity contribution in [3.8, 4) is 5.75 Å². The molecule has 2 aromatic rings. The molecule has 0 heterocycles. The maximum atomic E-state index is 12.1. The van der Waals surface area contributed by atoms with Crippen LogP contribution in [0.1, 0.15) is 37.3 Å². The van der Waals surface area contributed by atoms with Gasteiger partial charge < -0.3 is 10.1 Å². The highest BCUT2D eigenvalue weighted by Gasteiger charge is 2.08. The minimum absolute atomic E-state index is 0.241. The molecule has 0 aromatic heterocycles. The molecule has 1 atom stereocenters. The maximum Gasteiger partial charge on any atom is 0.248 e. The summed E-state index contributed by atoms with van der Waals surface area (Å²) in [4.78, 5) is 12.1. The highest BCUT2D eigenvalue weighted by molar-refractivity contribution is 6.36. The Labute approximate surface area is 158 Å². The second-order valence-electron chi connectivity index (χ2n) is 5.76. The van der Waals surface area contributed by atoms with Gasteiger partial charge in [-0.2, -0.15) is 0 Å². The van der Waals surface area contributed by atoms with Crippen LogP contribution in [0.25, 0.3) is 6.08 Å². The van der Waals surface area contributed by atoms with Gasteiger partial charge in [-0.3, -0.25) is 4.79 Å². The summed E-state index contributed by atoms with van der Waals surface area (Å²) in [5.74, 6) is 0.743. The predicted octanol–water partition coefficient (Wildman–Crippen LogP) is 6.17. The van der Waals surface area contributed by atoms with Crippen LogP contribution in [0.4, 0.5) is 5.69 Å². The molecule has 0 aliphatic heterocycles. The summed E-state index contributed by atoms with van der Waals surface area (Å²) in [5, 5.41) is 3.71. The molecule has 0 aliphatic rings. The highest BCUT2D eigenvalue weighted by Crippen LogP contribution is 2.33. The van der Waals surface area contributed by atoms with E-state index >= 15 is 0 Å². The van der Waals surface area contributed by atoms with Gasteiger partial charge in [-0.25, -0.2) is 0 Å². The highest BCUT2D eigenvalue weighted by atomic mass is 35.5. The fraction of sp³-hybridized carbons (Fsp3) is 0.250. The average molecular weight is 378 g/mol. The third kappa shape index (κ3) is 5.25. The summed E-state index contributed by atoms with van der Waals surface area (Å²) in [6, 6.07) is 11.2. The van der Waals surface area contributed by atoms with E-state index in [4.69, 9.17) is 27.9 Å². The number of carbonyl (C=O) groups is 1. The van der Waals surface area contributed by atoms with E-state index in [1.54, 1.807) is 18.2 Å². The van der Waals surface area contributed by atoms with Crippen molar-refractivity contribution < 1.29 is 9.53 Å². The monoisotopic (exact) mass is 377 g/mol. The molecule has 1 N–H and O–H groups in total. The standard InChI is InChI=1S/C20H21Cl2NO2/c1-4-13(2)14-5-8-17(9-6-14)23-19(24)10-7-15-11-16(21)12-18(22)20(15)25-3/h5-13H,4H2,1-3H3,(H,23,24). The minimum atomic E-state index is -0.241. The number of benzene rings is 2. The molecule has 0 aliphatic carbocycles. The Bertz CT molecular complexity index is 770. The third-order valence-electron chi connectivity index (χ3n) is 4.02. The molecule has 1 amide bonds. The first-order chi connectivity index (χ1) is 11.9. The van der Waals surface area contributed by atoms with E-state index in [0.717, 1.165) is 12.1 Å². The van der Waals surface area contributed by atoms with Crippen molar-refractivity contribution in [2.75, 3.05) is 12.4 Å². The number of hydrogen-bond donors (Lipinski definition) is 1. The molecule has 0 spiro atoms. The number of amides is 1. The van der Waals surface area contributed by atoms with Crippen LogP contribution in [0.3, 0.4) is 0 Å². The molecule has 2 aromatic carbocycles. The number of anilines is 1. The Morgan fingerprint density at radius 1 is 1.24 bits per heavy atom. The quantitative estimate of drug-likeness (QED) is 0.611. The van der Waals surface area contributed by atoms with E-state index < -0.39 is 0 Å². The summed E-state index contributed by atoms with van der Waals surface area (Å²) in [5.41, 5.74) is 2.65. The van der Waals surface area contributed by atoms with Crippen LogP contribution in [0.5, 0.6) is 5.75 Å². The smallest absolute Gasteiger partial charge is 0.248 e. The second-order valence-corrected chi connectivity index (χ2v) is 6.61. The summed E-state index contributed by atoms with van der Waals surface area (Å²) in [7, 11) is 1.52. The number of carbonyl (C=O) groups excluding carboxylic acids is 1. The van der Waals surface area contributed by atoms with Gasteiger partial charge in [0, 0.05) is 22.3 Å². The summed E-state index contributed by atoms with van der Waals surface area (Å²) >= 11 is 12.1. The maximum absolute atomic E-state index is 12.1. The summed E-state index contributed by atoms with van der Waals surface area (Å²) in [6.07, 6.45) is 4.13. The van der Waals surface area contributed by atoms with Crippen molar-refractivity contribution in [3.05, 3.63) is 63.6 Å². The van der Waals surface area contributed by atoms with Crippen molar-refractivity contribution in [2.45, 2.75) is 26.2 Å². The molecule has 0 fully saturated rings. The lowest BCUT2D eigenvalue weighted by Crippen LogP contribution is -2.07. The van der Waals surface area contributed by atoms with E-state index in [-0.39, 0.29) is 5.91 Å². The summed E-state index contributed by atoms with van der Waals surface area (Å²) in [6.45, 7) is 4.33. The van der Waals surface area contributed by atoms with Crippen LogP contribution in [0.15, 0.2) is 42.5 Å². The number of nitrogens with one attached hydrogen (secondary N) is 1. The fourth-order valence-electron chi connectivity index (χ4n) is 2.40. The molecule has 0 saturated heterocycles. The Morgan fingerprint density at radius 2 is 1.92 bits per heavy atom. The van der Waals surface area contributed by atoms with E-state index in [9.17, 15) is 4.79 Å². The molecule has 2 rings (SSSR count). The van der Waals surface area contributed by atoms with Gasteiger partial charge in [-0.05, 0) is 48.2 Å². The Morgan fingerprint density at radius 3 is 2.52 bits per heavy atom. The van der Waals surface area contributed by atoms with Gasteiger partial charge >= 0.3 is 0 Å². The van der Waals surface area contributed by atoms with E-state index in [1.165, 1.54) is 18.7 Å². The largest absolute Gasteiger partial charge is 0.495 e. The number of ether oxygens (including phenoxy) is 1. The lowest BCUT2D eigenvalue weighted by molar-refractivity contribution is -0.111. The molecule has 0 radical (unpaired) electrons. The zero-order valence-electron chi connectivity index (χ0n) is 14.5. The van der Waals surface area contributed by atoms with Crippen molar-refractivity contribution in [1.29, 1.82) is 0 Å². The first kappa shape index (κ1) is 19.4.